The van der Waals surface area contributed by atoms with Crippen molar-refractivity contribution in [2.45, 2.75) is 252 Å². The van der Waals surface area contributed by atoms with Gasteiger partial charge in [-0.2, -0.15) is 11.8 Å². The Morgan fingerprint density at radius 3 is 1.57 bits per heavy atom. The van der Waals surface area contributed by atoms with Crippen LogP contribution in [0.5, 0.6) is 0 Å². The van der Waals surface area contributed by atoms with Gasteiger partial charge in [-0.25, -0.2) is 0 Å². The fourth-order valence-corrected chi connectivity index (χ4v) is 21.8. The van der Waals surface area contributed by atoms with Gasteiger partial charge in [0.2, 0.25) is 0 Å². The number of nitrogens with zero attached hydrogens (tertiary/aromatic N) is 1. The van der Waals surface area contributed by atoms with E-state index >= 15 is 0 Å². The predicted octanol–water partition coefficient (Wildman–Crippen LogP) is 13.0. The third-order valence-electron chi connectivity index (χ3n) is 21.5. The monoisotopic (exact) mass is 786 g/mol. The Labute approximate surface area is 347 Å². The fourth-order valence-electron chi connectivity index (χ4n) is 19.3. The zero-order chi connectivity index (χ0) is 36.7. The summed E-state index contributed by atoms with van der Waals surface area (Å²) in [6, 6.07) is 2.52. The minimum absolute atomic E-state index is 0.582. The number of thioether (sulfide) groups is 1. The van der Waals surface area contributed by atoms with Crippen LogP contribution in [-0.2, 0) is 9.47 Å². The van der Waals surface area contributed by atoms with Crippen LogP contribution in [0, 0.1) is 71.0 Å². The van der Waals surface area contributed by atoms with E-state index in [4.69, 9.17) is 9.47 Å². The quantitative estimate of drug-likeness (QED) is 0.277. The minimum atomic E-state index is 0.582. The fraction of sp³-hybridized carbons (Fsp3) is 1.00. The highest BCUT2D eigenvalue weighted by Gasteiger charge is 2.60. The largest absolute Gasteiger partial charge is 0.374 e. The lowest BCUT2D eigenvalue weighted by atomic mass is 9.59. The van der Waals surface area contributed by atoms with Crippen LogP contribution in [0.25, 0.3) is 0 Å². The first-order chi connectivity index (χ1) is 27.7. The van der Waals surface area contributed by atoms with Crippen molar-refractivity contribution in [1.82, 2.24) is 4.90 Å². The molecule has 0 spiro atoms. The molecule has 0 aromatic rings. The molecule has 9 saturated carbocycles. The Morgan fingerprint density at radius 1 is 0.304 bits per heavy atom. The van der Waals surface area contributed by atoms with Gasteiger partial charge in [0, 0.05) is 34.5 Å². The summed E-state index contributed by atoms with van der Waals surface area (Å²) in [5.74, 6) is 12.0. The van der Waals surface area contributed by atoms with E-state index in [-0.39, 0.29) is 0 Å². The average molecular weight is 786 g/mol. The van der Waals surface area contributed by atoms with Crippen molar-refractivity contribution < 1.29 is 9.47 Å². The molecule has 0 aromatic heterocycles. The van der Waals surface area contributed by atoms with Gasteiger partial charge in [0.25, 0.3) is 0 Å². The Balaban J connectivity index is 0.736. The van der Waals surface area contributed by atoms with Gasteiger partial charge in [0.1, 0.15) is 0 Å². The van der Waals surface area contributed by atoms with Gasteiger partial charge in [0.15, 0.2) is 0 Å². The summed E-state index contributed by atoms with van der Waals surface area (Å²) in [6.07, 6.45) is 49.0. The minimum Gasteiger partial charge on any atom is -0.374 e. The zero-order valence-electron chi connectivity index (χ0n) is 35.7. The van der Waals surface area contributed by atoms with E-state index in [2.05, 4.69) is 16.7 Å². The molecule has 0 amide bonds. The van der Waals surface area contributed by atoms with Gasteiger partial charge in [-0.15, -0.1) is 0 Å². The van der Waals surface area contributed by atoms with E-state index < -0.39 is 0 Å². The first kappa shape index (κ1) is 37.9. The number of rotatable bonds is 5. The second-order valence-corrected chi connectivity index (χ2v) is 24.8. The molecule has 12 fully saturated rings. The maximum Gasteiger partial charge on any atom is 0.0625 e. The smallest absolute Gasteiger partial charge is 0.0625 e. The van der Waals surface area contributed by atoms with Gasteiger partial charge < -0.3 is 9.47 Å². The first-order valence-corrected chi connectivity index (χ1v) is 27.4. The molecule has 9 aliphatic carbocycles. The van der Waals surface area contributed by atoms with Crippen LogP contribution in [0.2, 0.25) is 0 Å². The molecule has 12 aliphatic rings. The maximum atomic E-state index is 7.07. The topological polar surface area (TPSA) is 21.7 Å². The molecule has 56 heavy (non-hydrogen) atoms. The van der Waals surface area contributed by atoms with Crippen LogP contribution < -0.4 is 0 Å². The highest BCUT2D eigenvalue weighted by atomic mass is 32.2. The summed E-state index contributed by atoms with van der Waals surface area (Å²) >= 11 is 2.60. The summed E-state index contributed by atoms with van der Waals surface area (Å²) in [6.45, 7) is 0. The van der Waals surface area contributed by atoms with Gasteiger partial charge in [-0.05, 0) is 200 Å². The highest BCUT2D eigenvalue weighted by molar-refractivity contribution is 8.00. The lowest BCUT2D eigenvalue weighted by Crippen LogP contribution is -2.55. The molecule has 0 aromatic carbocycles. The van der Waals surface area contributed by atoms with Crippen molar-refractivity contribution in [2.75, 3.05) is 0 Å². The Morgan fingerprint density at radius 2 is 0.786 bits per heavy atom. The predicted molar refractivity (Wildman–Crippen MR) is 231 cm³/mol. The van der Waals surface area contributed by atoms with Crippen molar-refractivity contribution >= 4 is 11.8 Å². The molecular weight excluding hydrogens is 703 g/mol. The Hall–Kier alpha value is 0.230. The summed E-state index contributed by atoms with van der Waals surface area (Å²) < 4.78 is 14.0. The Bertz CT molecular complexity index is 1340. The molecule has 0 bridgehead atoms. The average Bonchev–Trinajstić information content (AvgIpc) is 3.95. The van der Waals surface area contributed by atoms with E-state index in [0.29, 0.717) is 24.4 Å². The van der Waals surface area contributed by atoms with Crippen molar-refractivity contribution in [3.05, 3.63) is 0 Å². The molecule has 17 unspecified atom stereocenters. The summed E-state index contributed by atoms with van der Waals surface area (Å²) in [7, 11) is 0. The molecule has 3 nitrogen and oxygen atoms in total. The Kier molecular flexibility index (Phi) is 11.0. The van der Waals surface area contributed by atoms with Crippen LogP contribution in [-0.4, -0.2) is 57.9 Å². The van der Waals surface area contributed by atoms with Crippen molar-refractivity contribution in [1.29, 1.82) is 0 Å². The highest BCUT2D eigenvalue weighted by Crippen LogP contribution is 2.64. The number of ether oxygens (including phenoxy) is 2. The lowest BCUT2D eigenvalue weighted by molar-refractivity contribution is -0.0506. The molecule has 3 heterocycles. The summed E-state index contributed by atoms with van der Waals surface area (Å²) in [5, 5.41) is 1.92. The summed E-state index contributed by atoms with van der Waals surface area (Å²) in [4.78, 5) is 3.33. The third-order valence-corrected chi connectivity index (χ3v) is 23.4. The van der Waals surface area contributed by atoms with Crippen LogP contribution >= 0.6 is 11.8 Å². The molecule has 3 aliphatic heterocycles. The van der Waals surface area contributed by atoms with Gasteiger partial charge >= 0.3 is 0 Å². The van der Waals surface area contributed by atoms with Crippen LogP contribution in [0.3, 0.4) is 0 Å². The molecule has 17 atom stereocenters. The van der Waals surface area contributed by atoms with Crippen LogP contribution in [0.1, 0.15) is 199 Å². The number of fused-ring (bicyclic) bond motifs is 11. The summed E-state index contributed by atoms with van der Waals surface area (Å²) in [5.41, 5.74) is 0. The van der Waals surface area contributed by atoms with E-state index in [1.54, 1.807) is 70.6 Å². The lowest BCUT2D eigenvalue weighted by Gasteiger charge is -2.52. The number of hydrogen-bond donors (Lipinski definition) is 0. The molecule has 12 rings (SSSR count). The molecule has 0 radical (unpaired) electrons. The maximum absolute atomic E-state index is 7.07. The van der Waals surface area contributed by atoms with Crippen molar-refractivity contribution in [3.63, 3.8) is 0 Å². The second-order valence-electron chi connectivity index (χ2n) is 23.5. The van der Waals surface area contributed by atoms with E-state index in [1.807, 2.05) is 0 Å². The van der Waals surface area contributed by atoms with Crippen LogP contribution in [0.15, 0.2) is 0 Å². The third kappa shape index (κ3) is 6.72. The van der Waals surface area contributed by atoms with E-state index in [9.17, 15) is 0 Å². The molecule has 4 heteroatoms. The van der Waals surface area contributed by atoms with Gasteiger partial charge in [-0.1, -0.05) is 64.2 Å². The van der Waals surface area contributed by atoms with Crippen molar-refractivity contribution in [3.8, 4) is 0 Å². The van der Waals surface area contributed by atoms with Gasteiger partial charge in [0.05, 0.1) is 24.4 Å². The standard InChI is InChI=1S/C52H83NO2S/c1-2-11-38-32(9-1)10-7-14-39(38)33-19-23-35(24-20-33)53(37-27-28-42-41-12-3-5-17-46(41)55-49(42)31-37)36-25-21-34(22-26-36)40-15-8-16-43-44-29-30-48-50(52(44)56-51(40)43)45-13-4-6-18-47(45)54-48/h32-52H,1-31H2. The van der Waals surface area contributed by atoms with Gasteiger partial charge in [-0.3, -0.25) is 4.90 Å². The zero-order valence-corrected chi connectivity index (χ0v) is 36.5. The molecule has 314 valence electrons. The van der Waals surface area contributed by atoms with E-state index in [1.165, 1.54) is 128 Å². The van der Waals surface area contributed by atoms with E-state index in [0.717, 1.165) is 99.6 Å². The molecule has 0 N–H and O–H groups in total. The molecular formula is C52H83NO2S. The number of hydrogen-bond acceptors (Lipinski definition) is 4. The van der Waals surface area contributed by atoms with Crippen molar-refractivity contribution in [2.24, 2.45) is 71.0 Å². The van der Waals surface area contributed by atoms with Crippen LogP contribution in [0.4, 0.5) is 0 Å². The SMILES string of the molecule is C1CCC2C(C1)CCCC2C1CCC(N(C2CCC(C3CCCC4C5CCC6OC7CCCCC7C6C5SC34)CC2)C2CCC3C(C2)OC2CCCCC23)CC1. The normalized spacial score (nSPS) is 55.6. The second kappa shape index (κ2) is 16.2. The molecule has 3 saturated heterocycles. The first-order valence-electron chi connectivity index (χ1n) is 26.5.